The second-order valence-corrected chi connectivity index (χ2v) is 11.4. The Hall–Kier alpha value is -3.80. The third-order valence-corrected chi connectivity index (χ3v) is 8.04. The van der Waals surface area contributed by atoms with E-state index in [1.807, 2.05) is 38.1 Å². The molecular weight excluding hydrogens is 520 g/mol. The van der Waals surface area contributed by atoms with E-state index in [-0.39, 0.29) is 36.4 Å². The van der Waals surface area contributed by atoms with Crippen molar-refractivity contribution in [2.45, 2.75) is 50.8 Å². The first-order valence-electron chi connectivity index (χ1n) is 12.6. The standard InChI is InChI=1S/C28H32N4O6S/c1-20-5-9-22(10-6-20)18-32(39(35,36)26-13-7-21(2)8-14-26)19-25-12-11-24(38-25)17-30-31-28(34)27(33)29-16-23-4-3-15-37-23/h5-14,17,23H,3-4,15-16,18-19H2,1-2H3,(H,29,33)(H,31,34)/b30-17+/t23-/m0/s1. The van der Waals surface area contributed by atoms with Gasteiger partial charge >= 0.3 is 11.8 Å². The fourth-order valence-corrected chi connectivity index (χ4v) is 5.40. The van der Waals surface area contributed by atoms with Crippen LogP contribution in [-0.4, -0.2) is 50.0 Å². The fourth-order valence-electron chi connectivity index (χ4n) is 4.00. The lowest BCUT2D eigenvalue weighted by molar-refractivity contribution is -0.139. The van der Waals surface area contributed by atoms with Gasteiger partial charge in [0.1, 0.15) is 11.5 Å². The minimum absolute atomic E-state index is 0.0179. The molecule has 0 saturated carbocycles. The van der Waals surface area contributed by atoms with Gasteiger partial charge in [-0.05, 0) is 56.5 Å². The number of aryl methyl sites for hydroxylation is 2. The number of hydrogen-bond acceptors (Lipinski definition) is 7. The van der Waals surface area contributed by atoms with Gasteiger partial charge in [0.2, 0.25) is 10.0 Å². The topological polar surface area (TPSA) is 130 Å². The zero-order valence-corrected chi connectivity index (χ0v) is 22.7. The number of carbonyl (C=O) groups excluding carboxylic acids is 2. The first-order chi connectivity index (χ1) is 18.7. The lowest BCUT2D eigenvalue weighted by Gasteiger charge is -2.21. The average molecular weight is 553 g/mol. The van der Waals surface area contributed by atoms with Crippen LogP contribution in [0.15, 0.2) is 75.1 Å². The number of hydrazone groups is 1. The van der Waals surface area contributed by atoms with Crippen LogP contribution in [0.1, 0.15) is 41.1 Å². The predicted octanol–water partition coefficient (Wildman–Crippen LogP) is 3.03. The molecule has 0 aliphatic carbocycles. The maximum Gasteiger partial charge on any atom is 0.329 e. The summed E-state index contributed by atoms with van der Waals surface area (Å²) in [6.45, 7) is 4.92. The zero-order valence-electron chi connectivity index (χ0n) is 21.9. The highest BCUT2D eigenvalue weighted by Gasteiger charge is 2.26. The molecule has 39 heavy (non-hydrogen) atoms. The van der Waals surface area contributed by atoms with Crippen molar-refractivity contribution in [1.82, 2.24) is 15.0 Å². The van der Waals surface area contributed by atoms with E-state index in [2.05, 4.69) is 15.8 Å². The predicted molar refractivity (Wildman–Crippen MR) is 145 cm³/mol. The van der Waals surface area contributed by atoms with Gasteiger partial charge in [0.05, 0.1) is 23.8 Å². The number of nitrogens with zero attached hydrogens (tertiary/aromatic N) is 2. The molecule has 1 aromatic heterocycles. The van der Waals surface area contributed by atoms with Gasteiger partial charge < -0.3 is 14.5 Å². The molecule has 1 aliphatic rings. The van der Waals surface area contributed by atoms with Crippen LogP contribution in [0.4, 0.5) is 0 Å². The van der Waals surface area contributed by atoms with E-state index in [0.29, 0.717) is 12.4 Å². The summed E-state index contributed by atoms with van der Waals surface area (Å²) in [6, 6.07) is 17.6. The summed E-state index contributed by atoms with van der Waals surface area (Å²) in [5.74, 6) is -1.05. The highest BCUT2D eigenvalue weighted by molar-refractivity contribution is 7.89. The number of benzene rings is 2. The van der Waals surface area contributed by atoms with E-state index in [1.54, 1.807) is 36.4 Å². The molecule has 10 nitrogen and oxygen atoms in total. The quantitative estimate of drug-likeness (QED) is 0.226. The Kier molecular flexibility index (Phi) is 9.28. The van der Waals surface area contributed by atoms with Crippen LogP contribution in [0.3, 0.4) is 0 Å². The van der Waals surface area contributed by atoms with E-state index in [1.165, 1.54) is 10.5 Å². The molecule has 0 unspecified atom stereocenters. The zero-order chi connectivity index (χ0) is 27.8. The lowest BCUT2D eigenvalue weighted by Crippen LogP contribution is -2.41. The Bertz CT molecular complexity index is 1410. The van der Waals surface area contributed by atoms with Crippen molar-refractivity contribution in [3.05, 3.63) is 88.9 Å². The van der Waals surface area contributed by atoms with Gasteiger partial charge in [-0.25, -0.2) is 13.8 Å². The molecule has 1 aliphatic heterocycles. The Labute approximate surface area is 228 Å². The van der Waals surface area contributed by atoms with E-state index < -0.39 is 21.8 Å². The molecule has 1 atom stereocenters. The van der Waals surface area contributed by atoms with Gasteiger partial charge in [0.25, 0.3) is 0 Å². The molecule has 0 radical (unpaired) electrons. The molecule has 0 bridgehead atoms. The van der Waals surface area contributed by atoms with Gasteiger partial charge in [-0.3, -0.25) is 9.59 Å². The molecule has 0 spiro atoms. The molecule has 11 heteroatoms. The Morgan fingerprint density at radius 1 is 0.974 bits per heavy atom. The molecular formula is C28H32N4O6S. The van der Waals surface area contributed by atoms with E-state index >= 15 is 0 Å². The SMILES string of the molecule is Cc1ccc(CN(Cc2ccc(/C=N/NC(=O)C(=O)NC[C@@H]3CCCO3)o2)S(=O)(=O)c2ccc(C)cc2)cc1. The van der Waals surface area contributed by atoms with Crippen molar-refractivity contribution < 1.29 is 27.2 Å². The van der Waals surface area contributed by atoms with Gasteiger partial charge in [0.15, 0.2) is 0 Å². The Balaban J connectivity index is 1.41. The number of carbonyl (C=O) groups is 2. The summed E-state index contributed by atoms with van der Waals surface area (Å²) < 4.78 is 39.6. The van der Waals surface area contributed by atoms with Crippen LogP contribution in [0.2, 0.25) is 0 Å². The number of amides is 2. The van der Waals surface area contributed by atoms with Crippen molar-refractivity contribution in [3.8, 4) is 0 Å². The number of hydrogen-bond donors (Lipinski definition) is 2. The Morgan fingerprint density at radius 2 is 1.67 bits per heavy atom. The van der Waals surface area contributed by atoms with Crippen molar-refractivity contribution in [1.29, 1.82) is 0 Å². The van der Waals surface area contributed by atoms with Gasteiger partial charge in [-0.2, -0.15) is 9.41 Å². The van der Waals surface area contributed by atoms with Crippen LogP contribution in [-0.2, 0) is 37.4 Å². The second-order valence-electron chi connectivity index (χ2n) is 9.42. The van der Waals surface area contributed by atoms with Gasteiger partial charge in [-0.1, -0.05) is 47.5 Å². The molecule has 2 amide bonds. The molecule has 3 aromatic rings. The number of rotatable bonds is 10. The first kappa shape index (κ1) is 28.2. The Morgan fingerprint density at radius 3 is 2.33 bits per heavy atom. The monoisotopic (exact) mass is 552 g/mol. The summed E-state index contributed by atoms with van der Waals surface area (Å²) in [7, 11) is -3.84. The largest absolute Gasteiger partial charge is 0.459 e. The first-order valence-corrected chi connectivity index (χ1v) is 14.1. The van der Waals surface area contributed by atoms with Crippen LogP contribution in [0, 0.1) is 13.8 Å². The molecule has 2 aromatic carbocycles. The number of ether oxygens (including phenoxy) is 1. The smallest absolute Gasteiger partial charge is 0.329 e. The summed E-state index contributed by atoms with van der Waals surface area (Å²) in [5, 5.41) is 6.29. The maximum atomic E-state index is 13.5. The van der Waals surface area contributed by atoms with Crippen LogP contribution >= 0.6 is 0 Å². The molecule has 206 valence electrons. The van der Waals surface area contributed by atoms with E-state index in [4.69, 9.17) is 9.15 Å². The number of furan rings is 1. The summed E-state index contributed by atoms with van der Waals surface area (Å²) in [5.41, 5.74) is 5.03. The highest BCUT2D eigenvalue weighted by Crippen LogP contribution is 2.22. The third kappa shape index (κ3) is 7.85. The average Bonchev–Trinajstić information content (AvgIpc) is 3.60. The fraction of sp³-hybridized carbons (Fsp3) is 0.321. The van der Waals surface area contributed by atoms with E-state index in [0.717, 1.165) is 29.5 Å². The number of nitrogens with one attached hydrogen (secondary N) is 2. The second kappa shape index (κ2) is 12.8. The summed E-state index contributed by atoms with van der Waals surface area (Å²) in [6.07, 6.45) is 2.94. The van der Waals surface area contributed by atoms with Gasteiger partial charge in [-0.15, -0.1) is 0 Å². The molecule has 4 rings (SSSR count). The van der Waals surface area contributed by atoms with Crippen molar-refractivity contribution in [3.63, 3.8) is 0 Å². The third-order valence-electron chi connectivity index (χ3n) is 6.23. The molecule has 1 saturated heterocycles. The summed E-state index contributed by atoms with van der Waals surface area (Å²) in [4.78, 5) is 24.1. The minimum atomic E-state index is -3.84. The minimum Gasteiger partial charge on any atom is -0.459 e. The van der Waals surface area contributed by atoms with Crippen molar-refractivity contribution in [2.75, 3.05) is 13.2 Å². The van der Waals surface area contributed by atoms with Crippen molar-refractivity contribution >= 4 is 28.1 Å². The number of sulfonamides is 1. The van der Waals surface area contributed by atoms with Crippen LogP contribution < -0.4 is 10.7 Å². The van der Waals surface area contributed by atoms with Crippen LogP contribution in [0.5, 0.6) is 0 Å². The highest BCUT2D eigenvalue weighted by atomic mass is 32.2. The summed E-state index contributed by atoms with van der Waals surface area (Å²) >= 11 is 0. The molecule has 2 N–H and O–H groups in total. The van der Waals surface area contributed by atoms with Crippen LogP contribution in [0.25, 0.3) is 0 Å². The van der Waals surface area contributed by atoms with Gasteiger partial charge in [0, 0.05) is 19.7 Å². The maximum absolute atomic E-state index is 13.5. The van der Waals surface area contributed by atoms with E-state index in [9.17, 15) is 18.0 Å². The molecule has 2 heterocycles. The lowest BCUT2D eigenvalue weighted by atomic mass is 10.1. The normalized spacial score (nSPS) is 15.6. The molecule has 1 fully saturated rings. The van der Waals surface area contributed by atoms with Crippen molar-refractivity contribution in [2.24, 2.45) is 5.10 Å².